The van der Waals surface area contributed by atoms with Gasteiger partial charge in [-0.25, -0.2) is 9.37 Å². The maximum atomic E-state index is 13.4. The van der Waals surface area contributed by atoms with Gasteiger partial charge >= 0.3 is 0 Å². The highest BCUT2D eigenvalue weighted by molar-refractivity contribution is 7.14. The lowest BCUT2D eigenvalue weighted by Gasteiger charge is -2.06. The molecule has 0 aliphatic rings. The number of nitrogens with zero attached hydrogens (tertiary/aromatic N) is 1. The molecule has 0 fully saturated rings. The van der Waals surface area contributed by atoms with Crippen LogP contribution in [0.5, 0.6) is 5.75 Å². The van der Waals surface area contributed by atoms with Crippen LogP contribution >= 0.6 is 11.3 Å². The Labute approximate surface area is 142 Å². The lowest BCUT2D eigenvalue weighted by molar-refractivity contribution is -0.118. The first-order valence-corrected chi connectivity index (χ1v) is 8.19. The molecule has 4 nitrogen and oxygen atoms in total. The van der Waals surface area contributed by atoms with Crippen molar-refractivity contribution in [2.45, 2.75) is 6.92 Å². The third-order valence-electron chi connectivity index (χ3n) is 3.29. The first kappa shape index (κ1) is 16.1. The molecule has 0 aliphatic heterocycles. The standard InChI is InChI=1S/C18H15FN2O2S/c1-12-6-8-13(9-7-12)15-11-24-18(20-15)21-17(22)10-23-16-5-3-2-4-14(16)19/h2-9,11H,10H2,1H3,(H,20,21,22). The molecule has 6 heteroatoms. The van der Waals surface area contributed by atoms with E-state index in [0.29, 0.717) is 5.13 Å². The number of amides is 1. The lowest BCUT2D eigenvalue weighted by Crippen LogP contribution is -2.20. The van der Waals surface area contributed by atoms with E-state index in [1.165, 1.54) is 29.0 Å². The van der Waals surface area contributed by atoms with Gasteiger partial charge in [-0.2, -0.15) is 0 Å². The van der Waals surface area contributed by atoms with Gasteiger partial charge in [-0.15, -0.1) is 11.3 Å². The maximum Gasteiger partial charge on any atom is 0.264 e. The van der Waals surface area contributed by atoms with Gasteiger partial charge in [-0.05, 0) is 19.1 Å². The van der Waals surface area contributed by atoms with Crippen molar-refractivity contribution in [1.29, 1.82) is 0 Å². The number of carbonyl (C=O) groups excluding carboxylic acids is 1. The number of hydrogen-bond acceptors (Lipinski definition) is 4. The number of ether oxygens (including phenoxy) is 1. The molecule has 122 valence electrons. The monoisotopic (exact) mass is 342 g/mol. The van der Waals surface area contributed by atoms with Crippen LogP contribution < -0.4 is 10.1 Å². The number of nitrogens with one attached hydrogen (secondary N) is 1. The lowest BCUT2D eigenvalue weighted by atomic mass is 10.1. The second kappa shape index (κ2) is 7.23. The molecule has 2 aromatic carbocycles. The Balaban J connectivity index is 1.59. The van der Waals surface area contributed by atoms with E-state index in [1.807, 2.05) is 36.6 Å². The molecule has 3 aromatic rings. The van der Waals surface area contributed by atoms with E-state index < -0.39 is 5.82 Å². The third kappa shape index (κ3) is 3.97. The van der Waals surface area contributed by atoms with Crippen LogP contribution in [0.1, 0.15) is 5.56 Å². The minimum atomic E-state index is -0.499. The number of aryl methyl sites for hydroxylation is 1. The number of para-hydroxylation sites is 1. The van der Waals surface area contributed by atoms with Crippen molar-refractivity contribution in [3.63, 3.8) is 0 Å². The van der Waals surface area contributed by atoms with Crippen molar-refractivity contribution in [2.24, 2.45) is 0 Å². The molecule has 0 saturated carbocycles. The van der Waals surface area contributed by atoms with Gasteiger partial charge in [0.05, 0.1) is 5.69 Å². The normalized spacial score (nSPS) is 10.4. The Kier molecular flexibility index (Phi) is 4.86. The second-order valence-corrected chi connectivity index (χ2v) is 6.03. The largest absolute Gasteiger partial charge is 0.481 e. The molecule has 0 radical (unpaired) electrons. The number of benzene rings is 2. The summed E-state index contributed by atoms with van der Waals surface area (Å²) in [5.74, 6) is -0.837. The summed E-state index contributed by atoms with van der Waals surface area (Å²) in [5.41, 5.74) is 2.96. The van der Waals surface area contributed by atoms with Crippen molar-refractivity contribution in [3.8, 4) is 17.0 Å². The predicted octanol–water partition coefficient (Wildman–Crippen LogP) is 4.28. The number of hydrogen-bond donors (Lipinski definition) is 1. The second-order valence-electron chi connectivity index (χ2n) is 5.17. The van der Waals surface area contributed by atoms with Crippen molar-refractivity contribution >= 4 is 22.4 Å². The van der Waals surface area contributed by atoms with Gasteiger partial charge < -0.3 is 4.74 Å². The van der Waals surface area contributed by atoms with E-state index in [2.05, 4.69) is 10.3 Å². The Hall–Kier alpha value is -2.73. The van der Waals surface area contributed by atoms with Gasteiger partial charge in [0.15, 0.2) is 23.3 Å². The zero-order chi connectivity index (χ0) is 16.9. The van der Waals surface area contributed by atoms with Gasteiger partial charge in [0.2, 0.25) is 0 Å². The van der Waals surface area contributed by atoms with Gasteiger partial charge in [-0.1, -0.05) is 42.0 Å². The summed E-state index contributed by atoms with van der Waals surface area (Å²) in [6, 6.07) is 13.9. The van der Waals surface area contributed by atoms with Crippen LogP contribution in [0.25, 0.3) is 11.3 Å². The quantitative estimate of drug-likeness (QED) is 0.753. The summed E-state index contributed by atoms with van der Waals surface area (Å²) in [7, 11) is 0. The van der Waals surface area contributed by atoms with Crippen LogP contribution in [0.2, 0.25) is 0 Å². The molecule has 0 spiro atoms. The minimum Gasteiger partial charge on any atom is -0.481 e. The summed E-state index contributed by atoms with van der Waals surface area (Å²) in [5, 5.41) is 5.01. The maximum absolute atomic E-state index is 13.4. The summed E-state index contributed by atoms with van der Waals surface area (Å²) in [4.78, 5) is 16.3. The number of halogens is 1. The number of rotatable bonds is 5. The average molecular weight is 342 g/mol. The molecule has 1 N–H and O–H groups in total. The van der Waals surface area contributed by atoms with E-state index in [0.717, 1.165) is 11.3 Å². The zero-order valence-corrected chi connectivity index (χ0v) is 13.8. The predicted molar refractivity (Wildman–Crippen MR) is 92.8 cm³/mol. The van der Waals surface area contributed by atoms with Crippen LogP contribution in [-0.4, -0.2) is 17.5 Å². The smallest absolute Gasteiger partial charge is 0.264 e. The van der Waals surface area contributed by atoms with Crippen molar-refractivity contribution in [3.05, 3.63) is 65.3 Å². The topological polar surface area (TPSA) is 51.2 Å². The fourth-order valence-electron chi connectivity index (χ4n) is 2.05. The first-order valence-electron chi connectivity index (χ1n) is 7.31. The fourth-order valence-corrected chi connectivity index (χ4v) is 2.78. The fraction of sp³-hybridized carbons (Fsp3) is 0.111. The Morgan fingerprint density at radius 2 is 1.96 bits per heavy atom. The molecular formula is C18H15FN2O2S. The molecule has 24 heavy (non-hydrogen) atoms. The minimum absolute atomic E-state index is 0.0483. The van der Waals surface area contributed by atoms with Gasteiger partial charge in [0.25, 0.3) is 5.91 Å². The van der Waals surface area contributed by atoms with Crippen LogP contribution in [-0.2, 0) is 4.79 Å². The van der Waals surface area contributed by atoms with E-state index in [9.17, 15) is 9.18 Å². The van der Waals surface area contributed by atoms with Gasteiger partial charge in [0.1, 0.15) is 0 Å². The highest BCUT2D eigenvalue weighted by atomic mass is 32.1. The van der Waals surface area contributed by atoms with Crippen LogP contribution in [0, 0.1) is 12.7 Å². The molecule has 0 unspecified atom stereocenters. The van der Waals surface area contributed by atoms with Crippen LogP contribution in [0.15, 0.2) is 53.9 Å². The van der Waals surface area contributed by atoms with E-state index in [1.54, 1.807) is 12.1 Å². The Morgan fingerprint density at radius 1 is 1.21 bits per heavy atom. The Morgan fingerprint density at radius 3 is 2.71 bits per heavy atom. The molecule has 1 amide bonds. The molecular weight excluding hydrogens is 327 g/mol. The molecule has 0 aliphatic carbocycles. The number of carbonyl (C=O) groups is 1. The SMILES string of the molecule is Cc1ccc(-c2csc(NC(=O)COc3ccccc3F)n2)cc1. The van der Waals surface area contributed by atoms with E-state index in [-0.39, 0.29) is 18.3 Å². The molecule has 1 aromatic heterocycles. The summed E-state index contributed by atoms with van der Waals surface area (Å²) in [6.45, 7) is 1.74. The van der Waals surface area contributed by atoms with Crippen LogP contribution in [0.3, 0.4) is 0 Å². The molecule has 1 heterocycles. The number of thiazole rings is 1. The average Bonchev–Trinajstić information content (AvgIpc) is 3.03. The van der Waals surface area contributed by atoms with E-state index >= 15 is 0 Å². The third-order valence-corrected chi connectivity index (χ3v) is 4.05. The highest BCUT2D eigenvalue weighted by Crippen LogP contribution is 2.25. The Bertz CT molecular complexity index is 846. The molecule has 3 rings (SSSR count). The van der Waals surface area contributed by atoms with Crippen molar-refractivity contribution < 1.29 is 13.9 Å². The first-order chi connectivity index (χ1) is 11.6. The number of aromatic nitrogens is 1. The van der Waals surface area contributed by atoms with Crippen molar-refractivity contribution in [2.75, 3.05) is 11.9 Å². The zero-order valence-electron chi connectivity index (χ0n) is 13.0. The summed E-state index contributed by atoms with van der Waals surface area (Å²) in [6.07, 6.45) is 0. The summed E-state index contributed by atoms with van der Waals surface area (Å²) >= 11 is 1.33. The van der Waals surface area contributed by atoms with E-state index in [4.69, 9.17) is 4.74 Å². The molecule has 0 saturated heterocycles. The molecule has 0 atom stereocenters. The summed E-state index contributed by atoms with van der Waals surface area (Å²) < 4.78 is 18.6. The van der Waals surface area contributed by atoms with Gasteiger partial charge in [-0.3, -0.25) is 10.1 Å². The van der Waals surface area contributed by atoms with Crippen molar-refractivity contribution in [1.82, 2.24) is 4.98 Å². The van der Waals surface area contributed by atoms with Gasteiger partial charge in [0, 0.05) is 10.9 Å². The molecule has 0 bridgehead atoms. The number of anilines is 1. The van der Waals surface area contributed by atoms with Crippen LogP contribution in [0.4, 0.5) is 9.52 Å². The highest BCUT2D eigenvalue weighted by Gasteiger charge is 2.10.